The second-order valence-corrected chi connectivity index (χ2v) is 7.96. The topological polar surface area (TPSA) is 78.7 Å². The van der Waals surface area contributed by atoms with E-state index >= 15 is 0 Å². The molecular formula is C23H27N4O2. The number of rotatable bonds is 6. The summed E-state index contributed by atoms with van der Waals surface area (Å²) in [7, 11) is 0. The van der Waals surface area contributed by atoms with Gasteiger partial charge in [-0.3, -0.25) is 4.79 Å². The summed E-state index contributed by atoms with van der Waals surface area (Å²) < 4.78 is 0. The van der Waals surface area contributed by atoms with E-state index in [9.17, 15) is 9.59 Å². The van der Waals surface area contributed by atoms with Crippen LogP contribution in [0.5, 0.6) is 0 Å². The molecule has 29 heavy (non-hydrogen) atoms. The van der Waals surface area contributed by atoms with Crippen LogP contribution in [0.1, 0.15) is 22.3 Å². The Bertz CT molecular complexity index is 839. The monoisotopic (exact) mass is 391 g/mol. The number of nitrogens with one attached hydrogen (secondary N) is 1. The summed E-state index contributed by atoms with van der Waals surface area (Å²) >= 11 is 0. The molecule has 2 aliphatic heterocycles. The summed E-state index contributed by atoms with van der Waals surface area (Å²) in [5.41, 5.74) is 7.63. The Morgan fingerprint density at radius 3 is 2.24 bits per heavy atom. The summed E-state index contributed by atoms with van der Waals surface area (Å²) in [6.45, 7) is 4.86. The van der Waals surface area contributed by atoms with Crippen molar-refractivity contribution in [3.05, 3.63) is 72.1 Å². The molecule has 2 heterocycles. The number of carbonyl (C=O) groups is 2. The molecular weight excluding hydrogens is 364 g/mol. The molecule has 4 rings (SSSR count). The molecule has 2 aliphatic rings. The molecule has 0 aromatic heterocycles. The maximum atomic E-state index is 12.8. The van der Waals surface area contributed by atoms with Crippen molar-refractivity contribution in [2.24, 2.45) is 17.6 Å². The van der Waals surface area contributed by atoms with Gasteiger partial charge in [-0.25, -0.2) is 4.79 Å². The van der Waals surface area contributed by atoms with E-state index in [4.69, 9.17) is 5.73 Å². The zero-order chi connectivity index (χ0) is 20.2. The highest BCUT2D eigenvalue weighted by Gasteiger charge is 2.41. The quantitative estimate of drug-likeness (QED) is 0.795. The number of amides is 3. The van der Waals surface area contributed by atoms with Crippen LogP contribution in [0, 0.1) is 18.3 Å². The van der Waals surface area contributed by atoms with Gasteiger partial charge in [0.1, 0.15) is 0 Å². The third-order valence-corrected chi connectivity index (χ3v) is 5.87. The minimum atomic E-state index is -0.609. The number of hydrogen-bond donors (Lipinski definition) is 2. The van der Waals surface area contributed by atoms with Crippen molar-refractivity contribution in [2.45, 2.75) is 6.42 Å². The van der Waals surface area contributed by atoms with E-state index in [1.807, 2.05) is 11.0 Å². The molecule has 2 saturated heterocycles. The smallest absolute Gasteiger partial charge is 0.316 e. The van der Waals surface area contributed by atoms with Crippen molar-refractivity contribution in [1.29, 1.82) is 0 Å². The van der Waals surface area contributed by atoms with E-state index in [2.05, 4.69) is 40.9 Å². The van der Waals surface area contributed by atoms with E-state index < -0.39 is 6.03 Å². The lowest BCUT2D eigenvalue weighted by molar-refractivity contribution is 0.0774. The van der Waals surface area contributed by atoms with E-state index in [1.54, 1.807) is 24.3 Å². The number of nitrogens with zero attached hydrogens (tertiary/aromatic N) is 2. The Morgan fingerprint density at radius 1 is 0.966 bits per heavy atom. The van der Waals surface area contributed by atoms with Crippen molar-refractivity contribution in [1.82, 2.24) is 9.80 Å². The Hall–Kier alpha value is -2.86. The number of anilines is 1. The number of hydrogen-bond acceptors (Lipinski definition) is 3. The lowest BCUT2D eigenvalue weighted by atomic mass is 10.0. The molecule has 0 saturated carbocycles. The van der Waals surface area contributed by atoms with Crippen LogP contribution in [0.15, 0.2) is 54.6 Å². The molecule has 1 unspecified atom stereocenters. The second-order valence-electron chi connectivity index (χ2n) is 7.96. The molecule has 3 N–H and O–H groups in total. The summed E-state index contributed by atoms with van der Waals surface area (Å²) in [4.78, 5) is 28.2. The number of nitrogens with two attached hydrogens (primary N) is 1. The minimum Gasteiger partial charge on any atom is -0.351 e. The van der Waals surface area contributed by atoms with E-state index in [-0.39, 0.29) is 5.91 Å². The SMILES string of the molecule is NC(=O)Nc1ccc(C(=O)N2CC3CN(CC[CH]c4ccccc4)C[C@H]3C2)cc1. The molecule has 6 nitrogen and oxygen atoms in total. The van der Waals surface area contributed by atoms with Crippen LogP contribution in [0.3, 0.4) is 0 Å². The van der Waals surface area contributed by atoms with Gasteiger partial charge in [0, 0.05) is 37.4 Å². The molecule has 0 spiro atoms. The first-order valence-electron chi connectivity index (χ1n) is 10.1. The van der Waals surface area contributed by atoms with Crippen molar-refractivity contribution in [3.8, 4) is 0 Å². The van der Waals surface area contributed by atoms with Gasteiger partial charge in [-0.15, -0.1) is 0 Å². The second kappa shape index (κ2) is 8.66. The number of urea groups is 1. The molecule has 2 atom stereocenters. The molecule has 6 heteroatoms. The van der Waals surface area contributed by atoms with Gasteiger partial charge in [-0.1, -0.05) is 30.3 Å². The molecule has 3 amide bonds. The van der Waals surface area contributed by atoms with Gasteiger partial charge < -0.3 is 20.9 Å². The van der Waals surface area contributed by atoms with E-state index in [0.29, 0.717) is 23.1 Å². The molecule has 1 radical (unpaired) electrons. The first-order valence-corrected chi connectivity index (χ1v) is 10.1. The maximum absolute atomic E-state index is 12.8. The van der Waals surface area contributed by atoms with Gasteiger partial charge in [0.25, 0.3) is 5.91 Å². The Labute approximate surface area is 171 Å². The zero-order valence-corrected chi connectivity index (χ0v) is 16.5. The van der Waals surface area contributed by atoms with Gasteiger partial charge in [-0.05, 0) is 61.1 Å². The Balaban J connectivity index is 1.24. The van der Waals surface area contributed by atoms with E-state index in [1.165, 1.54) is 5.56 Å². The summed E-state index contributed by atoms with van der Waals surface area (Å²) in [5, 5.41) is 2.51. The molecule has 2 aromatic carbocycles. The number of benzene rings is 2. The fraction of sp³-hybridized carbons (Fsp3) is 0.348. The summed E-state index contributed by atoms with van der Waals surface area (Å²) in [6, 6.07) is 16.7. The fourth-order valence-electron chi connectivity index (χ4n) is 4.46. The normalized spacial score (nSPS) is 21.2. The van der Waals surface area contributed by atoms with Gasteiger partial charge in [-0.2, -0.15) is 0 Å². The van der Waals surface area contributed by atoms with Crippen LogP contribution < -0.4 is 11.1 Å². The fourth-order valence-corrected chi connectivity index (χ4v) is 4.46. The van der Waals surface area contributed by atoms with Gasteiger partial charge in [0.05, 0.1) is 0 Å². The molecule has 2 fully saturated rings. The Morgan fingerprint density at radius 2 is 1.62 bits per heavy atom. The third kappa shape index (κ3) is 4.77. The predicted octanol–water partition coefficient (Wildman–Crippen LogP) is 2.82. The molecule has 2 aromatic rings. The standard InChI is InChI=1S/C23H27N4O2/c24-23(29)25-21-10-8-18(9-11-21)22(28)27-15-19-13-26(14-20(19)16-27)12-4-7-17-5-2-1-3-6-17/h1-3,5-11,19-20H,4,12-16H2,(H3,24,25,29)/t19-,20?/m0/s1. The van der Waals surface area contributed by atoms with Gasteiger partial charge >= 0.3 is 6.03 Å². The summed E-state index contributed by atoms with van der Waals surface area (Å²) in [5.74, 6) is 1.19. The minimum absolute atomic E-state index is 0.0639. The van der Waals surface area contributed by atoms with Crippen LogP contribution in [-0.4, -0.2) is 54.5 Å². The number of carbonyl (C=O) groups excluding carboxylic acids is 2. The highest BCUT2D eigenvalue weighted by atomic mass is 16.2. The lowest BCUT2D eigenvalue weighted by Crippen LogP contribution is -2.33. The molecule has 151 valence electrons. The van der Waals surface area contributed by atoms with Crippen molar-refractivity contribution in [2.75, 3.05) is 38.0 Å². The third-order valence-electron chi connectivity index (χ3n) is 5.87. The first kappa shape index (κ1) is 19.5. The van der Waals surface area contributed by atoms with Crippen LogP contribution in [-0.2, 0) is 0 Å². The Kier molecular flexibility index (Phi) is 5.81. The van der Waals surface area contributed by atoms with Crippen LogP contribution in [0.4, 0.5) is 10.5 Å². The first-order chi connectivity index (χ1) is 14.1. The van der Waals surface area contributed by atoms with Crippen molar-refractivity contribution < 1.29 is 9.59 Å². The zero-order valence-electron chi connectivity index (χ0n) is 16.5. The number of fused-ring (bicyclic) bond motifs is 1. The van der Waals surface area contributed by atoms with Gasteiger partial charge in [0.2, 0.25) is 0 Å². The predicted molar refractivity (Wildman–Crippen MR) is 113 cm³/mol. The van der Waals surface area contributed by atoms with Crippen molar-refractivity contribution >= 4 is 17.6 Å². The maximum Gasteiger partial charge on any atom is 0.316 e. The van der Waals surface area contributed by atoms with E-state index in [0.717, 1.165) is 39.1 Å². The van der Waals surface area contributed by atoms with Crippen LogP contribution in [0.25, 0.3) is 0 Å². The average Bonchev–Trinajstić information content (AvgIpc) is 3.27. The van der Waals surface area contributed by atoms with Gasteiger partial charge in [0.15, 0.2) is 0 Å². The number of primary amides is 1. The highest BCUT2D eigenvalue weighted by Crippen LogP contribution is 2.32. The highest BCUT2D eigenvalue weighted by molar-refractivity contribution is 5.95. The molecule has 0 aliphatic carbocycles. The lowest BCUT2D eigenvalue weighted by Gasteiger charge is -2.21. The number of likely N-dealkylation sites (tertiary alicyclic amines) is 2. The molecule has 0 bridgehead atoms. The average molecular weight is 391 g/mol. The summed E-state index contributed by atoms with van der Waals surface area (Å²) in [6.07, 6.45) is 3.35. The largest absolute Gasteiger partial charge is 0.351 e. The van der Waals surface area contributed by atoms with Crippen LogP contribution >= 0.6 is 0 Å². The van der Waals surface area contributed by atoms with Crippen molar-refractivity contribution in [3.63, 3.8) is 0 Å². The van der Waals surface area contributed by atoms with Crippen LogP contribution in [0.2, 0.25) is 0 Å².